The Morgan fingerprint density at radius 3 is 3.00 bits per heavy atom. The van der Waals surface area contributed by atoms with Crippen molar-refractivity contribution < 1.29 is 0 Å². The first-order valence-electron chi connectivity index (χ1n) is 4.94. The number of aromatic nitrogens is 3. The fourth-order valence-electron chi connectivity index (χ4n) is 1.57. The van der Waals surface area contributed by atoms with Crippen molar-refractivity contribution in [2.24, 2.45) is 7.05 Å². The van der Waals surface area contributed by atoms with Crippen LogP contribution in [0.1, 0.15) is 23.5 Å². The molecule has 0 aromatic carbocycles. The van der Waals surface area contributed by atoms with E-state index in [9.17, 15) is 0 Å². The van der Waals surface area contributed by atoms with Crippen LogP contribution < -0.4 is 5.32 Å². The molecule has 0 saturated carbocycles. The zero-order valence-corrected chi connectivity index (χ0v) is 9.66. The molecule has 1 unspecified atom stereocenters. The van der Waals surface area contributed by atoms with E-state index in [2.05, 4.69) is 40.1 Å². The molecule has 2 rings (SSSR count). The first-order valence-corrected chi connectivity index (χ1v) is 5.82. The highest BCUT2D eigenvalue weighted by atomic mass is 32.1. The second kappa shape index (κ2) is 4.55. The zero-order valence-electron chi connectivity index (χ0n) is 8.84. The lowest BCUT2D eigenvalue weighted by Crippen LogP contribution is -2.23. The summed E-state index contributed by atoms with van der Waals surface area (Å²) in [6.45, 7) is 3.03. The van der Waals surface area contributed by atoms with E-state index in [0.717, 1.165) is 12.2 Å². The Bertz CT molecular complexity index is 407. The number of rotatable bonds is 4. The third-order valence-corrected chi connectivity index (χ3v) is 3.22. The predicted molar refractivity (Wildman–Crippen MR) is 60.8 cm³/mol. The summed E-state index contributed by atoms with van der Waals surface area (Å²) in [6.07, 6.45) is 1.81. The summed E-state index contributed by atoms with van der Waals surface area (Å²) in [5, 5.41) is 13.4. The number of nitrogens with one attached hydrogen (secondary N) is 1. The van der Waals surface area contributed by atoms with E-state index >= 15 is 0 Å². The number of nitrogens with zero attached hydrogens (tertiary/aromatic N) is 3. The molecule has 0 aliphatic rings. The standard InChI is InChI=1S/C10H14N4S/c1-3-11-10(9-5-4-6-15-9)8-7-12-13-14(8)2/h4-7,10-11H,3H2,1-2H3. The molecule has 0 aliphatic heterocycles. The smallest absolute Gasteiger partial charge is 0.0858 e. The van der Waals surface area contributed by atoms with Crippen LogP contribution in [0.25, 0.3) is 0 Å². The summed E-state index contributed by atoms with van der Waals surface area (Å²) in [5.74, 6) is 0. The highest BCUT2D eigenvalue weighted by molar-refractivity contribution is 7.10. The second-order valence-corrected chi connectivity index (χ2v) is 4.27. The van der Waals surface area contributed by atoms with Crippen LogP contribution in [0.4, 0.5) is 0 Å². The Morgan fingerprint density at radius 1 is 1.60 bits per heavy atom. The van der Waals surface area contributed by atoms with Crippen molar-refractivity contribution in [2.75, 3.05) is 6.54 Å². The normalized spacial score (nSPS) is 12.9. The molecule has 15 heavy (non-hydrogen) atoms. The van der Waals surface area contributed by atoms with Crippen LogP contribution >= 0.6 is 11.3 Å². The summed E-state index contributed by atoms with van der Waals surface area (Å²) < 4.78 is 1.81. The predicted octanol–water partition coefficient (Wildman–Crippen LogP) is 1.58. The van der Waals surface area contributed by atoms with Gasteiger partial charge in [0.15, 0.2) is 0 Å². The summed E-state index contributed by atoms with van der Waals surface area (Å²) >= 11 is 1.75. The van der Waals surface area contributed by atoms with E-state index in [1.54, 1.807) is 11.3 Å². The maximum atomic E-state index is 3.96. The van der Waals surface area contributed by atoms with E-state index in [4.69, 9.17) is 0 Å². The van der Waals surface area contributed by atoms with E-state index in [0.29, 0.717) is 0 Å². The van der Waals surface area contributed by atoms with Gasteiger partial charge in [0, 0.05) is 11.9 Å². The second-order valence-electron chi connectivity index (χ2n) is 3.29. The van der Waals surface area contributed by atoms with Gasteiger partial charge in [-0.2, -0.15) is 0 Å². The van der Waals surface area contributed by atoms with Gasteiger partial charge in [0.1, 0.15) is 0 Å². The quantitative estimate of drug-likeness (QED) is 0.854. The van der Waals surface area contributed by atoms with Crippen LogP contribution in [0.2, 0.25) is 0 Å². The van der Waals surface area contributed by atoms with Crippen LogP contribution in [0.3, 0.4) is 0 Å². The average Bonchev–Trinajstić information content (AvgIpc) is 2.85. The topological polar surface area (TPSA) is 42.7 Å². The van der Waals surface area contributed by atoms with Gasteiger partial charge in [-0.25, -0.2) is 0 Å². The Morgan fingerprint density at radius 2 is 2.47 bits per heavy atom. The van der Waals surface area contributed by atoms with Gasteiger partial charge in [-0.1, -0.05) is 18.2 Å². The Kier molecular flexibility index (Phi) is 3.13. The molecule has 0 radical (unpaired) electrons. The van der Waals surface area contributed by atoms with E-state index < -0.39 is 0 Å². The molecule has 4 nitrogen and oxygen atoms in total. The minimum absolute atomic E-state index is 0.204. The third-order valence-electron chi connectivity index (χ3n) is 2.28. The number of thiophene rings is 1. The maximum absolute atomic E-state index is 3.96. The van der Waals surface area contributed by atoms with Gasteiger partial charge in [-0.3, -0.25) is 4.68 Å². The molecule has 0 spiro atoms. The largest absolute Gasteiger partial charge is 0.305 e. The lowest BCUT2D eigenvalue weighted by Gasteiger charge is -2.15. The van der Waals surface area contributed by atoms with Crippen molar-refractivity contribution in [1.82, 2.24) is 20.3 Å². The lowest BCUT2D eigenvalue weighted by molar-refractivity contribution is 0.574. The summed E-state index contributed by atoms with van der Waals surface area (Å²) in [7, 11) is 1.92. The van der Waals surface area contributed by atoms with Gasteiger partial charge in [0.2, 0.25) is 0 Å². The van der Waals surface area contributed by atoms with Crippen molar-refractivity contribution in [3.05, 3.63) is 34.3 Å². The molecule has 2 heterocycles. The molecule has 0 fully saturated rings. The van der Waals surface area contributed by atoms with Crippen molar-refractivity contribution in [3.8, 4) is 0 Å². The number of hydrogen-bond acceptors (Lipinski definition) is 4. The van der Waals surface area contributed by atoms with Gasteiger partial charge in [0.05, 0.1) is 17.9 Å². The minimum atomic E-state index is 0.204. The Labute approximate surface area is 92.9 Å². The molecule has 2 aromatic rings. The van der Waals surface area contributed by atoms with Crippen LogP contribution in [-0.4, -0.2) is 21.5 Å². The highest BCUT2D eigenvalue weighted by Gasteiger charge is 2.17. The van der Waals surface area contributed by atoms with Gasteiger partial charge >= 0.3 is 0 Å². The molecule has 5 heteroatoms. The highest BCUT2D eigenvalue weighted by Crippen LogP contribution is 2.24. The zero-order chi connectivity index (χ0) is 10.7. The van der Waals surface area contributed by atoms with Crippen molar-refractivity contribution in [1.29, 1.82) is 0 Å². The van der Waals surface area contributed by atoms with Crippen LogP contribution in [0.5, 0.6) is 0 Å². The molecule has 0 saturated heterocycles. The first-order chi connectivity index (χ1) is 7.33. The third kappa shape index (κ3) is 2.08. The SMILES string of the molecule is CCNC(c1cccs1)c1cnnn1C. The number of hydrogen-bond donors (Lipinski definition) is 1. The maximum Gasteiger partial charge on any atom is 0.0858 e. The van der Waals surface area contributed by atoms with E-state index in [-0.39, 0.29) is 6.04 Å². The number of aryl methyl sites for hydroxylation is 1. The van der Waals surface area contributed by atoms with Crippen molar-refractivity contribution in [3.63, 3.8) is 0 Å². The van der Waals surface area contributed by atoms with Crippen molar-refractivity contribution in [2.45, 2.75) is 13.0 Å². The monoisotopic (exact) mass is 222 g/mol. The molecular weight excluding hydrogens is 208 g/mol. The Balaban J connectivity index is 2.32. The molecule has 0 aliphatic carbocycles. The molecule has 1 N–H and O–H groups in total. The van der Waals surface area contributed by atoms with E-state index in [1.165, 1.54) is 4.88 Å². The van der Waals surface area contributed by atoms with Crippen LogP contribution in [-0.2, 0) is 7.05 Å². The molecule has 80 valence electrons. The van der Waals surface area contributed by atoms with Crippen LogP contribution in [0, 0.1) is 0 Å². The summed E-state index contributed by atoms with van der Waals surface area (Å²) in [4.78, 5) is 1.29. The molecule has 1 atom stereocenters. The average molecular weight is 222 g/mol. The summed E-state index contributed by atoms with van der Waals surface area (Å²) in [6, 6.07) is 4.40. The minimum Gasteiger partial charge on any atom is -0.305 e. The fourth-order valence-corrected chi connectivity index (χ4v) is 2.38. The van der Waals surface area contributed by atoms with Gasteiger partial charge in [-0.05, 0) is 18.0 Å². The van der Waals surface area contributed by atoms with Gasteiger partial charge in [-0.15, -0.1) is 16.4 Å². The molecule has 0 bridgehead atoms. The lowest BCUT2D eigenvalue weighted by atomic mass is 10.2. The first kappa shape index (κ1) is 10.3. The van der Waals surface area contributed by atoms with Crippen LogP contribution in [0.15, 0.2) is 23.7 Å². The molecular formula is C10H14N4S. The molecule has 2 aromatic heterocycles. The summed E-state index contributed by atoms with van der Waals surface area (Å²) in [5.41, 5.74) is 1.10. The van der Waals surface area contributed by atoms with Gasteiger partial charge < -0.3 is 5.32 Å². The fraction of sp³-hybridized carbons (Fsp3) is 0.400. The Hall–Kier alpha value is -1.20. The van der Waals surface area contributed by atoms with Gasteiger partial charge in [0.25, 0.3) is 0 Å². The van der Waals surface area contributed by atoms with E-state index in [1.807, 2.05) is 17.9 Å². The van der Waals surface area contributed by atoms with Crippen molar-refractivity contribution >= 4 is 11.3 Å². The molecule has 0 amide bonds.